The lowest BCUT2D eigenvalue weighted by Crippen LogP contribution is -2.25. The summed E-state index contributed by atoms with van der Waals surface area (Å²) in [6, 6.07) is 64.7. The highest BCUT2D eigenvalue weighted by molar-refractivity contribution is 6.27. The summed E-state index contributed by atoms with van der Waals surface area (Å²) in [7, 11) is 0. The molecule has 0 unspecified atom stereocenters. The van der Waals surface area contributed by atoms with Crippen molar-refractivity contribution in [3.05, 3.63) is 199 Å². The van der Waals surface area contributed by atoms with E-state index in [4.69, 9.17) is 14.8 Å². The number of hydrogen-bond acceptors (Lipinski definition) is 2. The predicted octanol–water partition coefficient (Wildman–Crippen LogP) is 12.5. The minimum absolute atomic E-state index is 0.173. The molecule has 0 saturated heterocycles. The Kier molecular flexibility index (Phi) is 7.22. The molecule has 6 heteroatoms. The minimum atomic E-state index is 0.173. The Bertz CT molecular complexity index is 3340. The maximum Gasteiger partial charge on any atom is 0.154 e. The molecule has 264 valence electrons. The van der Waals surface area contributed by atoms with Crippen molar-refractivity contribution in [3.63, 3.8) is 0 Å². The van der Waals surface area contributed by atoms with Gasteiger partial charge in [-0.2, -0.15) is 0 Å². The molecule has 0 fully saturated rings. The molecule has 3 heterocycles. The lowest BCUT2D eigenvalue weighted by Gasteiger charge is -2.15. The van der Waals surface area contributed by atoms with Crippen molar-refractivity contribution in [1.29, 1.82) is 5.41 Å². The fourth-order valence-corrected chi connectivity index (χ4v) is 8.27. The fraction of sp³-hybridized carbons (Fsp3) is 0. The summed E-state index contributed by atoms with van der Waals surface area (Å²) in [5, 5.41) is 15.6. The molecule has 0 aliphatic heterocycles. The summed E-state index contributed by atoms with van der Waals surface area (Å²) in [4.78, 5) is 4.86. The number of aliphatic imine (C=N–C) groups is 1. The van der Waals surface area contributed by atoms with Crippen LogP contribution >= 0.6 is 0 Å². The summed E-state index contributed by atoms with van der Waals surface area (Å²) >= 11 is 0. The number of nitrogens with one attached hydrogen (secondary N) is 2. The van der Waals surface area contributed by atoms with Crippen LogP contribution < -0.4 is 5.43 Å². The number of rotatable bonds is 5. The predicted molar refractivity (Wildman–Crippen MR) is 232 cm³/mol. The van der Waals surface area contributed by atoms with Gasteiger partial charge in [-0.05, 0) is 71.1 Å². The van der Waals surface area contributed by atoms with Crippen LogP contribution in [0.25, 0.3) is 82.4 Å². The monoisotopic (exact) mass is 719 g/mol. The Morgan fingerprint density at radius 2 is 1.07 bits per heavy atom. The van der Waals surface area contributed by atoms with Crippen LogP contribution in [0.1, 0.15) is 11.1 Å². The number of hydrogen-bond donors (Lipinski definition) is 2. The van der Waals surface area contributed by atoms with Gasteiger partial charge in [0.15, 0.2) is 11.7 Å². The molecule has 0 radical (unpaired) electrons. The zero-order valence-electron chi connectivity index (χ0n) is 30.1. The first kappa shape index (κ1) is 31.8. The second-order valence-electron chi connectivity index (χ2n) is 14.1. The molecule has 0 atom stereocenters. The number of amidine groups is 2. The van der Waals surface area contributed by atoms with Crippen LogP contribution in [0.15, 0.2) is 197 Å². The van der Waals surface area contributed by atoms with E-state index in [1.54, 1.807) is 0 Å². The number of benzene rings is 8. The van der Waals surface area contributed by atoms with Gasteiger partial charge in [0.05, 0.1) is 27.5 Å². The Labute approximate surface area is 321 Å². The SMILES string of the molecule is N=C(N=C(Nn1c2cccc3oc4ccc(-c5ccc6c7ccccc7n(-c7ccccc7)c6c5)cc4c4cccc1c4c32)c1ccccc1)c1ccccc1. The van der Waals surface area contributed by atoms with Crippen LogP contribution in [-0.4, -0.2) is 20.9 Å². The van der Waals surface area contributed by atoms with Gasteiger partial charge in [0, 0.05) is 38.4 Å². The average Bonchev–Trinajstić information content (AvgIpc) is 3.71. The fourth-order valence-electron chi connectivity index (χ4n) is 8.27. The van der Waals surface area contributed by atoms with Gasteiger partial charge in [0.1, 0.15) is 11.2 Å². The largest absolute Gasteiger partial charge is 0.456 e. The Balaban J connectivity index is 1.11. The van der Waals surface area contributed by atoms with Gasteiger partial charge in [0.25, 0.3) is 0 Å². The molecule has 56 heavy (non-hydrogen) atoms. The van der Waals surface area contributed by atoms with Gasteiger partial charge in [-0.15, -0.1) is 0 Å². The van der Waals surface area contributed by atoms with Crippen molar-refractivity contribution in [1.82, 2.24) is 9.24 Å². The zero-order valence-corrected chi connectivity index (χ0v) is 30.1. The lowest BCUT2D eigenvalue weighted by molar-refractivity contribution is 0.664. The molecule has 0 aliphatic rings. The van der Waals surface area contributed by atoms with E-state index in [1.165, 1.54) is 16.3 Å². The normalized spacial score (nSPS) is 12.1. The van der Waals surface area contributed by atoms with Crippen LogP contribution in [-0.2, 0) is 0 Å². The van der Waals surface area contributed by atoms with Gasteiger partial charge in [0.2, 0.25) is 0 Å². The van der Waals surface area contributed by atoms with Crippen LogP contribution in [0.3, 0.4) is 0 Å². The van der Waals surface area contributed by atoms with Crippen LogP contribution in [0.5, 0.6) is 0 Å². The van der Waals surface area contributed by atoms with E-state index in [1.807, 2.05) is 72.8 Å². The first-order valence-corrected chi connectivity index (χ1v) is 18.7. The van der Waals surface area contributed by atoms with E-state index in [0.717, 1.165) is 77.2 Å². The van der Waals surface area contributed by atoms with Crippen LogP contribution in [0, 0.1) is 5.41 Å². The lowest BCUT2D eigenvalue weighted by atomic mass is 9.99. The second-order valence-corrected chi connectivity index (χ2v) is 14.1. The molecular formula is C50H33N5O. The molecule has 0 bridgehead atoms. The summed E-state index contributed by atoms with van der Waals surface area (Å²) < 4.78 is 11.3. The second kappa shape index (κ2) is 12.7. The Hall–Kier alpha value is -7.70. The van der Waals surface area contributed by atoms with Gasteiger partial charge < -0.3 is 8.98 Å². The van der Waals surface area contributed by atoms with Crippen molar-refractivity contribution in [2.24, 2.45) is 4.99 Å². The topological polar surface area (TPSA) is 71.2 Å². The number of fused-ring (bicyclic) bond motifs is 5. The molecule has 8 aromatic carbocycles. The molecule has 2 N–H and O–H groups in total. The molecule has 11 rings (SSSR count). The summed E-state index contributed by atoms with van der Waals surface area (Å²) in [5.74, 6) is 0.741. The van der Waals surface area contributed by atoms with Crippen LogP contribution in [0.2, 0.25) is 0 Å². The maximum absolute atomic E-state index is 8.91. The smallest absolute Gasteiger partial charge is 0.154 e. The molecule has 0 amide bonds. The number of nitrogens with zero attached hydrogens (tertiary/aromatic N) is 3. The highest BCUT2D eigenvalue weighted by Crippen LogP contribution is 2.41. The first-order chi connectivity index (χ1) is 27.7. The average molecular weight is 720 g/mol. The van der Waals surface area contributed by atoms with Crippen molar-refractivity contribution < 1.29 is 4.42 Å². The third kappa shape index (κ3) is 5.04. The quantitative estimate of drug-likeness (QED) is 0.137. The first-order valence-electron chi connectivity index (χ1n) is 18.7. The molecule has 11 aromatic rings. The summed E-state index contributed by atoms with van der Waals surface area (Å²) in [6.07, 6.45) is 0. The van der Waals surface area contributed by atoms with Crippen molar-refractivity contribution in [2.75, 3.05) is 5.43 Å². The van der Waals surface area contributed by atoms with E-state index in [0.29, 0.717) is 5.84 Å². The van der Waals surface area contributed by atoms with E-state index >= 15 is 0 Å². The Morgan fingerprint density at radius 3 is 1.88 bits per heavy atom. The van der Waals surface area contributed by atoms with E-state index in [9.17, 15) is 0 Å². The van der Waals surface area contributed by atoms with E-state index in [2.05, 4.69) is 130 Å². The maximum atomic E-state index is 8.91. The van der Waals surface area contributed by atoms with Gasteiger partial charge in [-0.25, -0.2) is 4.99 Å². The van der Waals surface area contributed by atoms with Crippen molar-refractivity contribution >= 4 is 77.2 Å². The summed E-state index contributed by atoms with van der Waals surface area (Å²) in [5.41, 5.74) is 14.5. The van der Waals surface area contributed by atoms with Gasteiger partial charge in [-0.3, -0.25) is 15.5 Å². The number of aromatic nitrogens is 2. The highest BCUT2D eigenvalue weighted by Gasteiger charge is 2.20. The highest BCUT2D eigenvalue weighted by atomic mass is 16.3. The molecule has 3 aromatic heterocycles. The minimum Gasteiger partial charge on any atom is -0.456 e. The van der Waals surface area contributed by atoms with Crippen LogP contribution in [0.4, 0.5) is 0 Å². The van der Waals surface area contributed by atoms with Gasteiger partial charge >= 0.3 is 0 Å². The van der Waals surface area contributed by atoms with Crippen molar-refractivity contribution in [2.45, 2.75) is 0 Å². The zero-order chi connectivity index (χ0) is 37.2. The van der Waals surface area contributed by atoms with E-state index < -0.39 is 0 Å². The summed E-state index contributed by atoms with van der Waals surface area (Å²) in [6.45, 7) is 0. The molecular weight excluding hydrogens is 687 g/mol. The third-order valence-electron chi connectivity index (χ3n) is 10.8. The Morgan fingerprint density at radius 1 is 0.464 bits per heavy atom. The number of para-hydroxylation sites is 2. The van der Waals surface area contributed by atoms with Crippen molar-refractivity contribution in [3.8, 4) is 16.8 Å². The van der Waals surface area contributed by atoms with E-state index in [-0.39, 0.29) is 5.84 Å². The molecule has 0 spiro atoms. The molecule has 0 saturated carbocycles. The van der Waals surface area contributed by atoms with Gasteiger partial charge in [-0.1, -0.05) is 133 Å². The standard InChI is InChI=1S/C50H33N5O/c51-49(32-14-4-1-5-15-32)52-50(33-16-6-2-7-17-33)53-55-42-23-12-21-39-40-30-34(27-29-45(40)56-46-25-13-24-43(55)48(46)47(39)42)35-26-28-38-37-20-10-11-22-41(37)54(44(38)31-35)36-18-8-3-9-19-36/h1-31H,(H2,51,52,53). The third-order valence-corrected chi connectivity index (χ3v) is 10.8. The molecule has 0 aliphatic carbocycles. The molecule has 6 nitrogen and oxygen atoms in total.